The number of aliphatic imine (C=N–C) groups is 1. The first-order chi connectivity index (χ1) is 10.5. The number of nitro groups is 1. The molecule has 0 aliphatic carbocycles. The third-order valence-corrected chi connectivity index (χ3v) is 3.41. The second-order valence-electron chi connectivity index (χ2n) is 5.07. The molecule has 6 nitrogen and oxygen atoms in total. The third kappa shape index (κ3) is 2.63. The molecule has 0 atom stereocenters. The van der Waals surface area contributed by atoms with E-state index in [0.717, 1.165) is 16.8 Å². The molecule has 3 rings (SSSR count). The molecule has 0 fully saturated rings. The Hall–Kier alpha value is -2.89. The lowest BCUT2D eigenvalue weighted by molar-refractivity contribution is -0.385. The van der Waals surface area contributed by atoms with Crippen molar-refractivity contribution in [1.29, 1.82) is 0 Å². The minimum Gasteiger partial charge on any atom is -0.454 e. The van der Waals surface area contributed by atoms with E-state index in [1.165, 1.54) is 12.3 Å². The highest BCUT2D eigenvalue weighted by atomic mass is 16.7. The van der Waals surface area contributed by atoms with Gasteiger partial charge in [-0.25, -0.2) is 0 Å². The molecule has 1 aliphatic rings. The van der Waals surface area contributed by atoms with Gasteiger partial charge in [0.2, 0.25) is 6.79 Å². The number of ether oxygens (including phenoxy) is 2. The van der Waals surface area contributed by atoms with Gasteiger partial charge in [-0.15, -0.1) is 0 Å². The standard InChI is InChI=1S/C16H14N2O4/c1-10-3-4-13(11(2)5-10)17-8-12-6-15-16(22-9-21-15)7-14(12)18(19)20/h3-8H,9H2,1-2H3. The van der Waals surface area contributed by atoms with Crippen LogP contribution in [0, 0.1) is 24.0 Å². The Labute approximate surface area is 127 Å². The highest BCUT2D eigenvalue weighted by Gasteiger charge is 2.22. The van der Waals surface area contributed by atoms with Crippen molar-refractivity contribution >= 4 is 17.6 Å². The fourth-order valence-electron chi connectivity index (χ4n) is 2.30. The summed E-state index contributed by atoms with van der Waals surface area (Å²) in [6.45, 7) is 4.03. The summed E-state index contributed by atoms with van der Waals surface area (Å²) in [5, 5.41) is 11.2. The molecule has 0 amide bonds. The fraction of sp³-hybridized carbons (Fsp3) is 0.188. The Balaban J connectivity index is 2.00. The lowest BCUT2D eigenvalue weighted by atomic mass is 10.1. The first kappa shape index (κ1) is 14.1. The van der Waals surface area contributed by atoms with Crippen LogP contribution in [0.5, 0.6) is 11.5 Å². The maximum atomic E-state index is 11.2. The van der Waals surface area contributed by atoms with E-state index in [1.54, 1.807) is 6.07 Å². The molecule has 0 aromatic heterocycles. The minimum atomic E-state index is -0.453. The number of hydrogen-bond donors (Lipinski definition) is 0. The average Bonchev–Trinajstić information content (AvgIpc) is 2.92. The lowest BCUT2D eigenvalue weighted by Gasteiger charge is -2.03. The lowest BCUT2D eigenvalue weighted by Crippen LogP contribution is -1.95. The van der Waals surface area contributed by atoms with Crippen molar-refractivity contribution in [3.05, 3.63) is 57.1 Å². The summed E-state index contributed by atoms with van der Waals surface area (Å²) >= 11 is 0. The zero-order valence-corrected chi connectivity index (χ0v) is 12.2. The van der Waals surface area contributed by atoms with Gasteiger partial charge in [-0.05, 0) is 31.5 Å². The van der Waals surface area contributed by atoms with Gasteiger partial charge in [0.25, 0.3) is 5.69 Å². The Morgan fingerprint density at radius 1 is 1.18 bits per heavy atom. The Kier molecular flexibility index (Phi) is 3.50. The highest BCUT2D eigenvalue weighted by molar-refractivity contribution is 5.89. The van der Waals surface area contributed by atoms with Gasteiger partial charge >= 0.3 is 0 Å². The number of aryl methyl sites for hydroxylation is 2. The van der Waals surface area contributed by atoms with Crippen LogP contribution in [-0.2, 0) is 0 Å². The summed E-state index contributed by atoms with van der Waals surface area (Å²) in [7, 11) is 0. The molecule has 2 aromatic carbocycles. The number of nitrogens with zero attached hydrogens (tertiary/aromatic N) is 2. The molecule has 2 aromatic rings. The topological polar surface area (TPSA) is 74.0 Å². The molecule has 0 saturated carbocycles. The molecule has 0 spiro atoms. The molecule has 112 valence electrons. The molecule has 0 N–H and O–H groups in total. The van der Waals surface area contributed by atoms with E-state index in [-0.39, 0.29) is 12.5 Å². The molecule has 1 heterocycles. The molecular weight excluding hydrogens is 284 g/mol. The van der Waals surface area contributed by atoms with Crippen molar-refractivity contribution in [1.82, 2.24) is 0 Å². The minimum absolute atomic E-state index is 0.0576. The highest BCUT2D eigenvalue weighted by Crippen LogP contribution is 2.37. The molecule has 0 radical (unpaired) electrons. The molecule has 1 aliphatic heterocycles. The Bertz CT molecular complexity index is 784. The Morgan fingerprint density at radius 2 is 1.91 bits per heavy atom. The van der Waals surface area contributed by atoms with Crippen LogP contribution < -0.4 is 9.47 Å². The predicted octanol–water partition coefficient (Wildman–Crippen LogP) is 3.69. The summed E-state index contributed by atoms with van der Waals surface area (Å²) < 4.78 is 10.4. The first-order valence-corrected chi connectivity index (χ1v) is 6.74. The maximum Gasteiger partial charge on any atom is 0.282 e. The Morgan fingerprint density at radius 3 is 2.59 bits per heavy atom. The first-order valence-electron chi connectivity index (χ1n) is 6.74. The van der Waals surface area contributed by atoms with Crippen molar-refractivity contribution in [2.45, 2.75) is 13.8 Å². The summed E-state index contributed by atoms with van der Waals surface area (Å²) in [5.74, 6) is 0.878. The molecule has 0 unspecified atom stereocenters. The predicted molar refractivity (Wildman–Crippen MR) is 82.4 cm³/mol. The summed E-state index contributed by atoms with van der Waals surface area (Å²) in [6.07, 6.45) is 1.48. The van der Waals surface area contributed by atoms with Gasteiger partial charge in [-0.3, -0.25) is 15.1 Å². The molecule has 22 heavy (non-hydrogen) atoms. The van der Waals surface area contributed by atoms with Crippen LogP contribution in [0.3, 0.4) is 0 Å². The summed E-state index contributed by atoms with van der Waals surface area (Å²) in [4.78, 5) is 15.1. The summed E-state index contributed by atoms with van der Waals surface area (Å²) in [6, 6.07) is 8.80. The van der Waals surface area contributed by atoms with Crippen LogP contribution in [0.1, 0.15) is 16.7 Å². The van der Waals surface area contributed by atoms with Crippen LogP contribution in [0.4, 0.5) is 11.4 Å². The fourth-order valence-corrected chi connectivity index (χ4v) is 2.30. The third-order valence-electron chi connectivity index (χ3n) is 3.41. The van der Waals surface area contributed by atoms with Crippen molar-refractivity contribution < 1.29 is 14.4 Å². The van der Waals surface area contributed by atoms with Crippen LogP contribution >= 0.6 is 0 Å². The quantitative estimate of drug-likeness (QED) is 0.492. The normalized spacial score (nSPS) is 12.8. The van der Waals surface area contributed by atoms with E-state index >= 15 is 0 Å². The zero-order chi connectivity index (χ0) is 15.7. The number of hydrogen-bond acceptors (Lipinski definition) is 5. The van der Waals surface area contributed by atoms with Crippen molar-refractivity contribution in [3.8, 4) is 11.5 Å². The monoisotopic (exact) mass is 298 g/mol. The van der Waals surface area contributed by atoms with Crippen LogP contribution in [0.2, 0.25) is 0 Å². The van der Waals surface area contributed by atoms with Gasteiger partial charge in [-0.1, -0.05) is 17.7 Å². The van der Waals surface area contributed by atoms with Gasteiger partial charge in [-0.2, -0.15) is 0 Å². The molecule has 0 saturated heterocycles. The van der Waals surface area contributed by atoms with Gasteiger partial charge < -0.3 is 9.47 Å². The van der Waals surface area contributed by atoms with E-state index in [2.05, 4.69) is 4.99 Å². The average molecular weight is 298 g/mol. The largest absolute Gasteiger partial charge is 0.454 e. The van der Waals surface area contributed by atoms with Crippen LogP contribution in [0.25, 0.3) is 0 Å². The maximum absolute atomic E-state index is 11.2. The van der Waals surface area contributed by atoms with E-state index in [1.807, 2.05) is 32.0 Å². The molecule has 6 heteroatoms. The molecular formula is C16H14N2O4. The van der Waals surface area contributed by atoms with E-state index in [4.69, 9.17) is 9.47 Å². The van der Waals surface area contributed by atoms with Crippen molar-refractivity contribution in [3.63, 3.8) is 0 Å². The summed E-state index contributed by atoms with van der Waals surface area (Å²) in [5.41, 5.74) is 3.26. The second-order valence-corrected chi connectivity index (χ2v) is 5.07. The van der Waals surface area contributed by atoms with Crippen molar-refractivity contribution in [2.24, 2.45) is 4.99 Å². The molecule has 0 bridgehead atoms. The smallest absolute Gasteiger partial charge is 0.282 e. The second kappa shape index (κ2) is 5.48. The zero-order valence-electron chi connectivity index (χ0n) is 12.2. The van der Waals surface area contributed by atoms with Gasteiger partial charge in [0, 0.05) is 6.21 Å². The van der Waals surface area contributed by atoms with Gasteiger partial charge in [0.1, 0.15) is 0 Å². The number of fused-ring (bicyclic) bond motifs is 1. The van der Waals surface area contributed by atoms with Crippen molar-refractivity contribution in [2.75, 3.05) is 6.79 Å². The SMILES string of the molecule is Cc1ccc(N=Cc2cc3c(cc2[N+](=O)[O-])OCO3)c(C)c1. The van der Waals surface area contributed by atoms with Crippen LogP contribution in [0.15, 0.2) is 35.3 Å². The number of rotatable bonds is 3. The number of nitro benzene ring substituents is 1. The van der Waals surface area contributed by atoms with E-state index in [9.17, 15) is 10.1 Å². The van der Waals surface area contributed by atoms with Gasteiger partial charge in [0.15, 0.2) is 11.5 Å². The van der Waals surface area contributed by atoms with Gasteiger partial charge in [0.05, 0.1) is 22.2 Å². The van der Waals surface area contributed by atoms with E-state index in [0.29, 0.717) is 17.1 Å². The van der Waals surface area contributed by atoms with Crippen LogP contribution in [-0.4, -0.2) is 17.9 Å². The number of benzene rings is 2. The van der Waals surface area contributed by atoms with E-state index < -0.39 is 4.92 Å².